The second kappa shape index (κ2) is 5.54. The van der Waals surface area contributed by atoms with E-state index < -0.39 is 11.3 Å². The molecule has 1 aromatic rings. The Morgan fingerprint density at radius 1 is 1.53 bits per heavy atom. The van der Waals surface area contributed by atoms with Crippen LogP contribution in [-0.2, 0) is 17.4 Å². The van der Waals surface area contributed by atoms with Crippen LogP contribution in [0.4, 0.5) is 0 Å². The summed E-state index contributed by atoms with van der Waals surface area (Å²) < 4.78 is 0. The number of ketones is 1. The molecular weight excluding hydrogens is 258 g/mol. The van der Waals surface area contributed by atoms with Gasteiger partial charge in [0.15, 0.2) is 0 Å². The maximum atomic E-state index is 11.9. The fourth-order valence-electron chi connectivity index (χ4n) is 2.67. The van der Waals surface area contributed by atoms with Gasteiger partial charge in [-0.2, -0.15) is 5.26 Å². The van der Waals surface area contributed by atoms with Gasteiger partial charge in [-0.15, -0.1) is 0 Å². The molecule has 1 aliphatic rings. The Morgan fingerprint density at radius 2 is 2.26 bits per heavy atom. The van der Waals surface area contributed by atoms with E-state index in [0.717, 1.165) is 5.56 Å². The van der Waals surface area contributed by atoms with Crippen molar-refractivity contribution in [1.82, 2.24) is 4.98 Å². The first-order valence-corrected chi connectivity index (χ1v) is 6.53. The van der Waals surface area contributed by atoms with E-state index in [1.807, 2.05) is 13.0 Å². The molecule has 4 atom stereocenters. The highest BCUT2D eigenvalue weighted by Crippen LogP contribution is 2.39. The molecule has 0 fully saturated rings. The third kappa shape index (κ3) is 2.54. The van der Waals surface area contributed by atoms with E-state index in [2.05, 4.69) is 16.0 Å². The van der Waals surface area contributed by atoms with E-state index in [0.29, 0.717) is 5.71 Å². The number of aliphatic imine (C=N–C) groups is 1. The summed E-state index contributed by atoms with van der Waals surface area (Å²) >= 11 is 5.26. The fraction of sp³-hybridized carbons (Fsp3) is 0.429. The molecule has 0 bridgehead atoms. The van der Waals surface area contributed by atoms with Crippen LogP contribution in [0.1, 0.15) is 25.3 Å². The van der Waals surface area contributed by atoms with Gasteiger partial charge >= 0.3 is 0 Å². The number of aromatic nitrogens is 1. The maximum Gasteiger partial charge on any atom is 0.139 e. The molecule has 0 amide bonds. The van der Waals surface area contributed by atoms with E-state index in [1.54, 1.807) is 18.5 Å². The van der Waals surface area contributed by atoms with Crippen molar-refractivity contribution in [2.75, 3.05) is 0 Å². The second-order valence-corrected chi connectivity index (χ2v) is 5.20. The van der Waals surface area contributed by atoms with E-state index in [-0.39, 0.29) is 17.6 Å². The van der Waals surface area contributed by atoms with Crippen molar-refractivity contribution in [2.45, 2.75) is 25.1 Å². The largest absolute Gasteiger partial charge is 0.765 e. The maximum absolute atomic E-state index is 11.9. The van der Waals surface area contributed by atoms with Crippen molar-refractivity contribution >= 4 is 24.1 Å². The molecule has 0 spiro atoms. The highest BCUT2D eigenvalue weighted by atomic mass is 32.1. The number of nitrogens with zero attached hydrogens (tertiary/aromatic N) is 3. The first-order valence-electron chi connectivity index (χ1n) is 6.06. The van der Waals surface area contributed by atoms with Gasteiger partial charge in [0.25, 0.3) is 0 Å². The monoisotopic (exact) mass is 272 g/mol. The number of hydrogen-bond acceptors (Lipinski definition) is 5. The predicted octanol–water partition coefficient (Wildman–Crippen LogP) is 1.86. The molecule has 2 rings (SSSR count). The van der Waals surface area contributed by atoms with Crippen LogP contribution in [0.25, 0.3) is 0 Å². The third-order valence-electron chi connectivity index (χ3n) is 3.49. The molecule has 98 valence electrons. The number of carbonyl (C=O) groups excluding carboxylic acids is 1. The SMILES string of the molecule is CC(=O)C1C(C)=N[C@@H]([S-])[C@H](C#N)[C@@H]1c1cccnc1. The summed E-state index contributed by atoms with van der Waals surface area (Å²) in [6.45, 7) is 3.34. The van der Waals surface area contributed by atoms with E-state index in [4.69, 9.17) is 12.6 Å². The van der Waals surface area contributed by atoms with Crippen LogP contribution in [0.15, 0.2) is 29.5 Å². The highest BCUT2D eigenvalue weighted by molar-refractivity contribution is 7.59. The van der Waals surface area contributed by atoms with Gasteiger partial charge in [-0.1, -0.05) is 11.4 Å². The minimum atomic E-state index is -0.509. The van der Waals surface area contributed by atoms with Gasteiger partial charge in [-0.25, -0.2) is 0 Å². The molecule has 1 aliphatic heterocycles. The standard InChI is InChI=1S/C14H15N3OS/c1-8-12(9(2)18)13(10-4-3-5-16-7-10)11(6-15)14(19)17-8/h3-5,7,11-14,19H,1-2H3/p-1/t11-,12?,13+,14+/m1/s1. The number of nitriles is 1. The quantitative estimate of drug-likeness (QED) is 0.771. The third-order valence-corrected chi connectivity index (χ3v) is 3.89. The van der Waals surface area contributed by atoms with Crippen LogP contribution in [-0.4, -0.2) is 21.9 Å². The summed E-state index contributed by atoms with van der Waals surface area (Å²) in [5.41, 5.74) is 1.59. The number of Topliss-reactive ketones (excluding diaryl/α,β-unsaturated/α-hetero) is 1. The zero-order chi connectivity index (χ0) is 14.0. The molecule has 1 unspecified atom stereocenters. The number of rotatable bonds is 2. The molecule has 0 saturated carbocycles. The fourth-order valence-corrected chi connectivity index (χ4v) is 3.07. The lowest BCUT2D eigenvalue weighted by Gasteiger charge is -2.40. The molecular formula is C14H14N3OS-. The lowest BCUT2D eigenvalue weighted by molar-refractivity contribution is -0.119. The van der Waals surface area contributed by atoms with Crippen LogP contribution in [0.2, 0.25) is 0 Å². The van der Waals surface area contributed by atoms with E-state index >= 15 is 0 Å². The zero-order valence-electron chi connectivity index (χ0n) is 10.8. The summed E-state index contributed by atoms with van der Waals surface area (Å²) in [4.78, 5) is 20.3. The molecule has 5 heteroatoms. The van der Waals surface area contributed by atoms with Crippen LogP contribution in [0.5, 0.6) is 0 Å². The van der Waals surface area contributed by atoms with Crippen molar-refractivity contribution in [3.05, 3.63) is 30.1 Å². The average Bonchev–Trinajstić information content (AvgIpc) is 2.38. The van der Waals surface area contributed by atoms with Crippen molar-refractivity contribution < 1.29 is 4.79 Å². The van der Waals surface area contributed by atoms with Gasteiger partial charge in [-0.3, -0.25) is 9.78 Å². The normalized spacial score (nSPS) is 30.3. The number of hydrogen-bond donors (Lipinski definition) is 0. The lowest BCUT2D eigenvalue weighted by atomic mass is 9.72. The molecule has 0 aromatic carbocycles. The summed E-state index contributed by atoms with van der Waals surface area (Å²) in [5.74, 6) is -1.10. The highest BCUT2D eigenvalue weighted by Gasteiger charge is 2.39. The summed E-state index contributed by atoms with van der Waals surface area (Å²) in [5, 5.41) is 8.85. The van der Waals surface area contributed by atoms with Crippen LogP contribution in [0, 0.1) is 23.2 Å². The minimum Gasteiger partial charge on any atom is -0.765 e. The summed E-state index contributed by atoms with van der Waals surface area (Å²) in [6, 6.07) is 5.91. The Morgan fingerprint density at radius 3 is 2.79 bits per heavy atom. The first-order chi connectivity index (χ1) is 9.06. The molecule has 0 radical (unpaired) electrons. The van der Waals surface area contributed by atoms with Crippen molar-refractivity contribution in [1.29, 1.82) is 5.26 Å². The van der Waals surface area contributed by atoms with Crippen molar-refractivity contribution in [3.8, 4) is 6.07 Å². The molecule has 2 heterocycles. The van der Waals surface area contributed by atoms with Crippen molar-refractivity contribution in [2.24, 2.45) is 16.8 Å². The topological polar surface area (TPSA) is 66.1 Å². The Balaban J connectivity index is 2.54. The Hall–Kier alpha value is -1.67. The van der Waals surface area contributed by atoms with Crippen LogP contribution >= 0.6 is 0 Å². The molecule has 1 aromatic heterocycles. The van der Waals surface area contributed by atoms with Gasteiger partial charge in [0.1, 0.15) is 5.78 Å². The molecule has 0 aliphatic carbocycles. The second-order valence-electron chi connectivity index (χ2n) is 4.72. The Bertz CT molecular complexity index is 550. The van der Waals surface area contributed by atoms with Gasteiger partial charge in [-0.05, 0) is 25.5 Å². The van der Waals surface area contributed by atoms with Crippen molar-refractivity contribution in [3.63, 3.8) is 0 Å². The smallest absolute Gasteiger partial charge is 0.139 e. The predicted molar refractivity (Wildman–Crippen MR) is 74.5 cm³/mol. The molecule has 19 heavy (non-hydrogen) atoms. The van der Waals surface area contributed by atoms with Crippen LogP contribution in [0.3, 0.4) is 0 Å². The summed E-state index contributed by atoms with van der Waals surface area (Å²) in [6.07, 6.45) is 3.37. The molecule has 0 N–H and O–H groups in total. The van der Waals surface area contributed by atoms with Gasteiger partial charge in [0.05, 0.1) is 17.9 Å². The zero-order valence-corrected chi connectivity index (χ0v) is 11.6. The van der Waals surface area contributed by atoms with Gasteiger partial charge < -0.3 is 17.6 Å². The van der Waals surface area contributed by atoms with E-state index in [9.17, 15) is 10.1 Å². The Kier molecular flexibility index (Phi) is 4.01. The lowest BCUT2D eigenvalue weighted by Crippen LogP contribution is -2.40. The minimum absolute atomic E-state index is 0.0113. The number of pyridine rings is 1. The van der Waals surface area contributed by atoms with Crippen LogP contribution < -0.4 is 0 Å². The first kappa shape index (κ1) is 13.8. The van der Waals surface area contributed by atoms with Gasteiger partial charge in [0.2, 0.25) is 0 Å². The Labute approximate surface area is 118 Å². The number of carbonyl (C=O) groups is 1. The molecule has 0 saturated heterocycles. The van der Waals surface area contributed by atoms with E-state index in [1.165, 1.54) is 6.92 Å². The summed E-state index contributed by atoms with van der Waals surface area (Å²) in [7, 11) is 0. The average molecular weight is 272 g/mol. The molecule has 4 nitrogen and oxygen atoms in total. The van der Waals surface area contributed by atoms with Gasteiger partial charge in [0, 0.05) is 24.0 Å².